The van der Waals surface area contributed by atoms with E-state index < -0.39 is 17.3 Å². The highest BCUT2D eigenvalue weighted by atomic mass is 19.4. The summed E-state index contributed by atoms with van der Waals surface area (Å²) >= 11 is 0. The zero-order valence-corrected chi connectivity index (χ0v) is 14.2. The third kappa shape index (κ3) is 4.38. The van der Waals surface area contributed by atoms with Crippen molar-refractivity contribution in [1.29, 1.82) is 5.26 Å². The summed E-state index contributed by atoms with van der Waals surface area (Å²) in [4.78, 5) is 8.81. The van der Waals surface area contributed by atoms with Crippen LogP contribution in [0.1, 0.15) is 31.9 Å². The predicted molar refractivity (Wildman–Crippen MR) is 86.6 cm³/mol. The van der Waals surface area contributed by atoms with E-state index in [0.717, 1.165) is 0 Å². The average molecular weight is 350 g/mol. The fourth-order valence-corrected chi connectivity index (χ4v) is 2.11. The van der Waals surface area contributed by atoms with E-state index in [0.29, 0.717) is 11.9 Å². The van der Waals surface area contributed by atoms with Gasteiger partial charge in [-0.3, -0.25) is 0 Å². The normalized spacial score (nSPS) is 11.8. The predicted octanol–water partition coefficient (Wildman–Crippen LogP) is 4.31. The molecule has 0 fully saturated rings. The number of nitrogens with zero attached hydrogens (tertiary/aromatic N) is 4. The largest absolute Gasteiger partial charge is 0.458 e. The molecule has 0 saturated carbocycles. The zero-order chi connectivity index (χ0) is 18.8. The van der Waals surface area contributed by atoms with E-state index in [2.05, 4.69) is 9.97 Å². The summed E-state index contributed by atoms with van der Waals surface area (Å²) in [6.45, 7) is 5.22. The molecule has 0 amide bonds. The van der Waals surface area contributed by atoms with Crippen molar-refractivity contribution in [2.75, 3.05) is 11.9 Å². The Balaban J connectivity index is 2.60. The molecule has 0 radical (unpaired) electrons. The Morgan fingerprint density at radius 1 is 1.16 bits per heavy atom. The van der Waals surface area contributed by atoms with Gasteiger partial charge < -0.3 is 9.64 Å². The quantitative estimate of drug-likeness (QED) is 0.825. The molecule has 8 heteroatoms. The van der Waals surface area contributed by atoms with Crippen LogP contribution in [0.25, 0.3) is 0 Å². The fraction of sp³-hybridized carbons (Fsp3) is 0.353. The number of para-hydroxylation sites is 1. The molecule has 132 valence electrons. The number of aromatic nitrogens is 2. The fourth-order valence-electron chi connectivity index (χ4n) is 2.11. The van der Waals surface area contributed by atoms with Crippen LogP contribution in [-0.2, 0) is 6.18 Å². The molecule has 0 aliphatic carbocycles. The Morgan fingerprint density at radius 3 is 2.36 bits per heavy atom. The van der Waals surface area contributed by atoms with E-state index >= 15 is 0 Å². The number of alkyl halides is 3. The van der Waals surface area contributed by atoms with E-state index in [-0.39, 0.29) is 17.4 Å². The Bertz CT molecular complexity index is 807. The van der Waals surface area contributed by atoms with Gasteiger partial charge in [-0.1, -0.05) is 12.1 Å². The summed E-state index contributed by atoms with van der Waals surface area (Å²) in [5, 5.41) is 9.19. The molecule has 0 unspecified atom stereocenters. The maximum Gasteiger partial charge on any atom is 0.421 e. The lowest BCUT2D eigenvalue weighted by atomic mass is 10.1. The van der Waals surface area contributed by atoms with Crippen molar-refractivity contribution in [3.8, 4) is 12.1 Å². The van der Waals surface area contributed by atoms with E-state index in [9.17, 15) is 18.4 Å². The lowest BCUT2D eigenvalue weighted by Crippen LogP contribution is -2.26. The first-order valence-corrected chi connectivity index (χ1v) is 7.39. The first-order chi connectivity index (χ1) is 11.5. The van der Waals surface area contributed by atoms with Gasteiger partial charge in [0.2, 0.25) is 0 Å². The van der Waals surface area contributed by atoms with Crippen LogP contribution in [0.3, 0.4) is 0 Å². The number of hydrogen-bond donors (Lipinski definition) is 0. The van der Waals surface area contributed by atoms with Crippen LogP contribution in [0.5, 0.6) is 6.01 Å². The van der Waals surface area contributed by atoms with Crippen LogP contribution in [0.4, 0.5) is 24.7 Å². The molecule has 1 heterocycles. The molecule has 0 atom stereocenters. The second-order valence-corrected chi connectivity index (χ2v) is 6.29. The van der Waals surface area contributed by atoms with Gasteiger partial charge in [0.15, 0.2) is 5.82 Å². The molecule has 0 N–H and O–H groups in total. The van der Waals surface area contributed by atoms with Crippen LogP contribution in [0.15, 0.2) is 30.5 Å². The van der Waals surface area contributed by atoms with Gasteiger partial charge in [0.1, 0.15) is 17.2 Å². The van der Waals surface area contributed by atoms with E-state index in [1.54, 1.807) is 39.0 Å². The van der Waals surface area contributed by atoms with Crippen molar-refractivity contribution in [3.63, 3.8) is 0 Å². The lowest BCUT2D eigenvalue weighted by Gasteiger charge is -2.25. The molecule has 1 aromatic carbocycles. The molecule has 0 aliphatic rings. The van der Waals surface area contributed by atoms with Crippen molar-refractivity contribution >= 4 is 11.5 Å². The molecule has 0 saturated heterocycles. The maximum atomic E-state index is 13.4. The number of rotatable bonds is 3. The van der Waals surface area contributed by atoms with Gasteiger partial charge in [-0.05, 0) is 32.9 Å². The van der Waals surface area contributed by atoms with Gasteiger partial charge in [0.25, 0.3) is 0 Å². The molecule has 5 nitrogen and oxygen atoms in total. The van der Waals surface area contributed by atoms with Gasteiger partial charge in [0.05, 0.1) is 11.3 Å². The van der Waals surface area contributed by atoms with Crippen LogP contribution < -0.4 is 9.64 Å². The molecule has 2 aromatic rings. The van der Waals surface area contributed by atoms with Crippen LogP contribution >= 0.6 is 0 Å². The third-order valence-electron chi connectivity index (χ3n) is 3.15. The van der Waals surface area contributed by atoms with Crippen LogP contribution in [-0.4, -0.2) is 22.6 Å². The maximum absolute atomic E-state index is 13.4. The smallest absolute Gasteiger partial charge is 0.421 e. The molecule has 25 heavy (non-hydrogen) atoms. The number of benzene rings is 1. The van der Waals surface area contributed by atoms with Crippen molar-refractivity contribution in [3.05, 3.63) is 41.6 Å². The minimum Gasteiger partial charge on any atom is -0.458 e. The summed E-state index contributed by atoms with van der Waals surface area (Å²) in [5.41, 5.74) is -1.14. The van der Waals surface area contributed by atoms with Gasteiger partial charge in [-0.2, -0.15) is 23.4 Å². The Morgan fingerprint density at radius 2 is 1.80 bits per heavy atom. The molecule has 1 aromatic heterocycles. The SMILES string of the molecule is CN(c1ccccc1C#N)c1nc(OC(C)(C)C)ncc1C(F)(F)F. The summed E-state index contributed by atoms with van der Waals surface area (Å²) in [7, 11) is 1.41. The van der Waals surface area contributed by atoms with Crippen LogP contribution in [0.2, 0.25) is 0 Å². The molecule has 2 rings (SSSR count). The van der Waals surface area contributed by atoms with Crippen molar-refractivity contribution < 1.29 is 17.9 Å². The van der Waals surface area contributed by atoms with Gasteiger partial charge in [-0.25, -0.2) is 4.98 Å². The lowest BCUT2D eigenvalue weighted by molar-refractivity contribution is -0.137. The standard InChI is InChI=1S/C17H17F3N4O/c1-16(2,3)25-15-22-10-12(17(18,19)20)14(23-15)24(4)13-8-6-5-7-11(13)9-21/h5-8,10H,1-4H3. The minimum atomic E-state index is -4.65. The zero-order valence-electron chi connectivity index (χ0n) is 14.2. The first-order valence-electron chi connectivity index (χ1n) is 7.39. The monoisotopic (exact) mass is 350 g/mol. The van der Waals surface area contributed by atoms with Crippen molar-refractivity contribution in [1.82, 2.24) is 9.97 Å². The van der Waals surface area contributed by atoms with Gasteiger partial charge in [-0.15, -0.1) is 0 Å². The molecule has 0 aliphatic heterocycles. The number of hydrogen-bond acceptors (Lipinski definition) is 5. The van der Waals surface area contributed by atoms with E-state index in [1.165, 1.54) is 18.0 Å². The van der Waals surface area contributed by atoms with Gasteiger partial charge in [0, 0.05) is 13.2 Å². The highest BCUT2D eigenvalue weighted by Gasteiger charge is 2.37. The highest BCUT2D eigenvalue weighted by Crippen LogP contribution is 2.38. The minimum absolute atomic E-state index is 0.170. The number of halogens is 3. The number of ether oxygens (including phenoxy) is 1. The molecular formula is C17H17F3N4O. The topological polar surface area (TPSA) is 62.0 Å². The van der Waals surface area contributed by atoms with Crippen LogP contribution in [0, 0.1) is 11.3 Å². The first kappa shape index (κ1) is 18.5. The average Bonchev–Trinajstić information content (AvgIpc) is 2.51. The van der Waals surface area contributed by atoms with Crippen molar-refractivity contribution in [2.45, 2.75) is 32.5 Å². The number of nitriles is 1. The summed E-state index contributed by atoms with van der Waals surface area (Å²) < 4.78 is 45.6. The second kappa shape index (κ2) is 6.59. The molecular weight excluding hydrogens is 333 g/mol. The Kier molecular flexibility index (Phi) is 4.88. The Labute approximate surface area is 143 Å². The molecule has 0 bridgehead atoms. The highest BCUT2D eigenvalue weighted by molar-refractivity contribution is 5.68. The van der Waals surface area contributed by atoms with E-state index in [4.69, 9.17) is 4.74 Å². The summed E-state index contributed by atoms with van der Waals surface area (Å²) in [5.74, 6) is -0.385. The van der Waals surface area contributed by atoms with E-state index in [1.807, 2.05) is 6.07 Å². The Hall–Kier alpha value is -2.82. The van der Waals surface area contributed by atoms with Crippen molar-refractivity contribution in [2.24, 2.45) is 0 Å². The summed E-state index contributed by atoms with van der Waals surface area (Å²) in [6, 6.07) is 8.12. The number of anilines is 2. The molecule has 0 spiro atoms. The second-order valence-electron chi connectivity index (χ2n) is 6.29. The van der Waals surface area contributed by atoms with Gasteiger partial charge >= 0.3 is 12.2 Å². The third-order valence-corrected chi connectivity index (χ3v) is 3.15. The summed E-state index contributed by atoms with van der Waals surface area (Å²) in [6.07, 6.45) is -3.96.